The molecule has 3 aromatic heterocycles. The van der Waals surface area contributed by atoms with Crippen molar-refractivity contribution in [2.45, 2.75) is 51.2 Å². The van der Waals surface area contributed by atoms with Crippen molar-refractivity contribution >= 4 is 5.52 Å². The third-order valence-electron chi connectivity index (χ3n) is 5.00. The summed E-state index contributed by atoms with van der Waals surface area (Å²) in [5, 5.41) is 20.0. The molecular weight excluding hydrogens is 316 g/mol. The summed E-state index contributed by atoms with van der Waals surface area (Å²) < 4.78 is 3.27. The Kier molecular flexibility index (Phi) is 3.72. The Labute approximate surface area is 145 Å². The van der Waals surface area contributed by atoms with Crippen molar-refractivity contribution in [3.05, 3.63) is 52.6 Å². The molecule has 0 aliphatic heterocycles. The van der Waals surface area contributed by atoms with Crippen LogP contribution in [0.1, 0.15) is 51.3 Å². The van der Waals surface area contributed by atoms with Crippen LogP contribution in [-0.4, -0.2) is 24.5 Å². The van der Waals surface area contributed by atoms with Gasteiger partial charge in [-0.2, -0.15) is 10.2 Å². The van der Waals surface area contributed by atoms with E-state index in [2.05, 4.69) is 10.2 Å². The molecule has 4 rings (SSSR count). The van der Waals surface area contributed by atoms with Crippen molar-refractivity contribution in [2.75, 3.05) is 0 Å². The molecule has 1 fully saturated rings. The van der Waals surface area contributed by atoms with Crippen LogP contribution in [0.2, 0.25) is 0 Å². The first-order valence-electron chi connectivity index (χ1n) is 8.79. The van der Waals surface area contributed by atoms with Crippen LogP contribution in [-0.2, 0) is 5.60 Å². The molecule has 6 heteroatoms. The summed E-state index contributed by atoms with van der Waals surface area (Å²) in [6.07, 6.45) is 5.43. The first-order chi connectivity index (χ1) is 12.0. The normalized spacial score (nSPS) is 16.8. The van der Waals surface area contributed by atoms with Crippen LogP contribution in [0.5, 0.6) is 0 Å². The topological polar surface area (TPSA) is 72.4 Å². The van der Waals surface area contributed by atoms with Gasteiger partial charge >= 0.3 is 0 Å². The van der Waals surface area contributed by atoms with E-state index in [1.165, 1.54) is 4.68 Å². The van der Waals surface area contributed by atoms with E-state index < -0.39 is 5.60 Å². The van der Waals surface area contributed by atoms with Crippen LogP contribution >= 0.6 is 0 Å². The lowest BCUT2D eigenvalue weighted by atomic mass is 9.98. The monoisotopic (exact) mass is 338 g/mol. The Morgan fingerprint density at radius 3 is 2.64 bits per heavy atom. The molecule has 6 nitrogen and oxygen atoms in total. The van der Waals surface area contributed by atoms with Crippen LogP contribution in [0, 0.1) is 0 Å². The van der Waals surface area contributed by atoms with Gasteiger partial charge in [0, 0.05) is 17.8 Å². The zero-order valence-corrected chi connectivity index (χ0v) is 14.5. The number of aromatic nitrogens is 4. The predicted octanol–water partition coefficient (Wildman–Crippen LogP) is 2.90. The molecule has 0 unspecified atom stereocenters. The van der Waals surface area contributed by atoms with Gasteiger partial charge in [-0.3, -0.25) is 4.79 Å². The number of pyridine rings is 1. The predicted molar refractivity (Wildman–Crippen MR) is 95.4 cm³/mol. The lowest BCUT2D eigenvalue weighted by Gasteiger charge is -2.18. The number of fused-ring (bicyclic) bond motifs is 1. The van der Waals surface area contributed by atoms with Crippen LogP contribution in [0.4, 0.5) is 0 Å². The molecule has 0 amide bonds. The second kappa shape index (κ2) is 5.81. The number of nitrogens with zero attached hydrogens (tertiary/aromatic N) is 4. The largest absolute Gasteiger partial charge is 0.383 e. The van der Waals surface area contributed by atoms with Crippen molar-refractivity contribution < 1.29 is 5.11 Å². The van der Waals surface area contributed by atoms with Gasteiger partial charge in [0.05, 0.1) is 22.9 Å². The smallest absolute Gasteiger partial charge is 0.267 e. The second-order valence-corrected chi connectivity index (χ2v) is 7.12. The molecule has 25 heavy (non-hydrogen) atoms. The lowest BCUT2D eigenvalue weighted by Crippen LogP contribution is -2.23. The van der Waals surface area contributed by atoms with E-state index >= 15 is 0 Å². The average molecular weight is 338 g/mol. The molecule has 0 saturated heterocycles. The zero-order valence-electron chi connectivity index (χ0n) is 14.5. The Hall–Kier alpha value is -2.47. The number of aliphatic hydroxyl groups is 1. The minimum atomic E-state index is -0.826. The van der Waals surface area contributed by atoms with Crippen molar-refractivity contribution in [1.29, 1.82) is 0 Å². The molecule has 0 atom stereocenters. The summed E-state index contributed by atoms with van der Waals surface area (Å²) in [6, 6.07) is 9.11. The van der Waals surface area contributed by atoms with E-state index in [-0.39, 0.29) is 11.6 Å². The third-order valence-corrected chi connectivity index (χ3v) is 5.00. The van der Waals surface area contributed by atoms with E-state index in [1.807, 2.05) is 38.2 Å². The molecule has 3 aromatic rings. The Balaban J connectivity index is 1.87. The Morgan fingerprint density at radius 1 is 1.16 bits per heavy atom. The Bertz CT molecular complexity index is 980. The molecule has 1 saturated carbocycles. The van der Waals surface area contributed by atoms with Crippen molar-refractivity contribution in [2.24, 2.45) is 0 Å². The molecule has 1 aliphatic carbocycles. The highest BCUT2D eigenvalue weighted by Gasteiger charge is 2.35. The standard InChI is InChI=1S/C19H22N4O2/c1-13(2)23-18(24)8-7-15(20-23)14-6-5-11-22-16(14)12-17(21-22)19(25)9-3-4-10-19/h5-8,11-13,25H,3-4,9-10H2,1-2H3. The van der Waals surface area contributed by atoms with Crippen molar-refractivity contribution in [1.82, 2.24) is 19.4 Å². The quantitative estimate of drug-likeness (QED) is 0.797. The maximum Gasteiger partial charge on any atom is 0.267 e. The number of hydrogen-bond acceptors (Lipinski definition) is 4. The number of rotatable bonds is 3. The van der Waals surface area contributed by atoms with E-state index in [0.29, 0.717) is 0 Å². The summed E-state index contributed by atoms with van der Waals surface area (Å²) in [4.78, 5) is 12.0. The summed E-state index contributed by atoms with van der Waals surface area (Å²) in [5.74, 6) is 0. The van der Waals surface area contributed by atoms with Gasteiger partial charge in [-0.05, 0) is 51.0 Å². The zero-order chi connectivity index (χ0) is 17.6. The summed E-state index contributed by atoms with van der Waals surface area (Å²) in [7, 11) is 0. The van der Waals surface area contributed by atoms with Gasteiger partial charge in [-0.15, -0.1) is 0 Å². The molecule has 0 aromatic carbocycles. The van der Waals surface area contributed by atoms with Crippen LogP contribution in [0.15, 0.2) is 41.3 Å². The fourth-order valence-corrected chi connectivity index (χ4v) is 3.61. The maximum atomic E-state index is 12.0. The van der Waals surface area contributed by atoms with Crippen LogP contribution < -0.4 is 5.56 Å². The molecule has 0 radical (unpaired) electrons. The van der Waals surface area contributed by atoms with Gasteiger partial charge in [-0.25, -0.2) is 9.20 Å². The van der Waals surface area contributed by atoms with Crippen LogP contribution in [0.25, 0.3) is 16.8 Å². The maximum absolute atomic E-state index is 12.0. The minimum absolute atomic E-state index is 0.00754. The van der Waals surface area contributed by atoms with Crippen molar-refractivity contribution in [3.63, 3.8) is 0 Å². The van der Waals surface area contributed by atoms with Gasteiger partial charge in [-0.1, -0.05) is 12.8 Å². The van der Waals surface area contributed by atoms with Crippen LogP contribution in [0.3, 0.4) is 0 Å². The molecule has 3 heterocycles. The number of hydrogen-bond donors (Lipinski definition) is 1. The highest BCUT2D eigenvalue weighted by molar-refractivity contribution is 5.78. The molecule has 0 spiro atoms. The third kappa shape index (κ3) is 2.66. The van der Waals surface area contributed by atoms with Crippen molar-refractivity contribution in [3.8, 4) is 11.3 Å². The highest BCUT2D eigenvalue weighted by atomic mass is 16.3. The highest BCUT2D eigenvalue weighted by Crippen LogP contribution is 2.38. The molecule has 0 bridgehead atoms. The summed E-state index contributed by atoms with van der Waals surface area (Å²) in [5.41, 5.74) is 2.29. The van der Waals surface area contributed by atoms with Gasteiger partial charge in [0.25, 0.3) is 5.56 Å². The van der Waals surface area contributed by atoms with Gasteiger partial charge in [0.15, 0.2) is 0 Å². The van der Waals surface area contributed by atoms with E-state index in [4.69, 9.17) is 0 Å². The molecule has 130 valence electrons. The Morgan fingerprint density at radius 2 is 1.92 bits per heavy atom. The fraction of sp³-hybridized carbons (Fsp3) is 0.421. The minimum Gasteiger partial charge on any atom is -0.383 e. The molecule has 1 aliphatic rings. The fourth-order valence-electron chi connectivity index (χ4n) is 3.61. The first-order valence-corrected chi connectivity index (χ1v) is 8.79. The second-order valence-electron chi connectivity index (χ2n) is 7.12. The lowest BCUT2D eigenvalue weighted by molar-refractivity contribution is 0.0397. The van der Waals surface area contributed by atoms with Gasteiger partial charge in [0.2, 0.25) is 0 Å². The molecule has 1 N–H and O–H groups in total. The van der Waals surface area contributed by atoms with E-state index in [1.54, 1.807) is 16.6 Å². The SMILES string of the molecule is CC(C)n1nc(-c2cccn3nc(C4(O)CCCC4)cc23)ccc1=O. The van der Waals surface area contributed by atoms with Gasteiger partial charge in [0.1, 0.15) is 5.60 Å². The average Bonchev–Trinajstić information content (AvgIpc) is 3.22. The molecular formula is C19H22N4O2. The summed E-state index contributed by atoms with van der Waals surface area (Å²) in [6.45, 7) is 3.87. The first kappa shape index (κ1) is 16.0. The van der Waals surface area contributed by atoms with E-state index in [9.17, 15) is 9.90 Å². The summed E-state index contributed by atoms with van der Waals surface area (Å²) >= 11 is 0. The van der Waals surface area contributed by atoms with E-state index in [0.717, 1.165) is 48.2 Å². The van der Waals surface area contributed by atoms with Gasteiger partial charge < -0.3 is 5.11 Å².